The fourth-order valence-electron chi connectivity index (χ4n) is 1.37. The van der Waals surface area contributed by atoms with Crippen molar-refractivity contribution in [3.05, 3.63) is 0 Å². The first kappa shape index (κ1) is 21.5. The van der Waals surface area contributed by atoms with Crippen LogP contribution in [0, 0.1) is 0 Å². The molecule has 3 atom stereocenters. The van der Waals surface area contributed by atoms with E-state index in [9.17, 15) is 29.1 Å². The van der Waals surface area contributed by atoms with E-state index in [0.717, 1.165) is 13.8 Å². The second-order valence-corrected chi connectivity index (χ2v) is 4.38. The molecule has 0 aliphatic heterocycles. The van der Waals surface area contributed by atoms with Crippen molar-refractivity contribution in [2.45, 2.75) is 32.2 Å². The molecule has 0 aliphatic rings. The van der Waals surface area contributed by atoms with Gasteiger partial charge in [0, 0.05) is 13.8 Å². The third-order valence-corrected chi connectivity index (χ3v) is 2.28. The van der Waals surface area contributed by atoms with Gasteiger partial charge < -0.3 is 34.0 Å². The molecule has 136 valence electrons. The Bertz CT molecular complexity index is 473. The van der Waals surface area contributed by atoms with E-state index in [-0.39, 0.29) is 6.29 Å². The summed E-state index contributed by atoms with van der Waals surface area (Å²) in [4.78, 5) is 54.8. The van der Waals surface area contributed by atoms with Crippen LogP contribution in [0.25, 0.3) is 0 Å². The van der Waals surface area contributed by atoms with Crippen molar-refractivity contribution >= 4 is 30.2 Å². The number of aliphatic carboxylic acids is 1. The van der Waals surface area contributed by atoms with Crippen LogP contribution in [-0.4, -0.2) is 78.5 Å². The molecule has 0 amide bonds. The molecule has 0 aliphatic carbocycles. The zero-order chi connectivity index (χ0) is 18.7. The summed E-state index contributed by atoms with van der Waals surface area (Å²) < 4.78 is 18.3. The minimum atomic E-state index is -1.99. The number of ether oxygens (including phenoxy) is 4. The molecular formula is C13H18O11. The van der Waals surface area contributed by atoms with Gasteiger partial charge in [-0.25, -0.2) is 9.59 Å². The van der Waals surface area contributed by atoms with Crippen LogP contribution >= 0.6 is 0 Å². The van der Waals surface area contributed by atoms with E-state index in [1.54, 1.807) is 0 Å². The second kappa shape index (κ2) is 11.1. The highest BCUT2D eigenvalue weighted by Gasteiger charge is 2.39. The molecule has 0 bridgehead atoms. The van der Waals surface area contributed by atoms with Gasteiger partial charge in [-0.2, -0.15) is 0 Å². The summed E-state index contributed by atoms with van der Waals surface area (Å²) in [5.41, 5.74) is 0. The van der Waals surface area contributed by atoms with Crippen LogP contribution in [0.5, 0.6) is 0 Å². The summed E-state index contributed by atoms with van der Waals surface area (Å²) in [5.74, 6) is -4.63. The third kappa shape index (κ3) is 8.80. The lowest BCUT2D eigenvalue weighted by atomic mass is 10.2. The molecule has 11 heteroatoms. The molecule has 0 saturated heterocycles. The standard InChI is InChI=1S/C13H18O11/c1-7(15)22-5-9(17)6-23-13(20)11(24-8(2)16)10(12(18)19)21-4-3-14/h3,9-11,17H,4-6H2,1-2H3,(H,18,19). The largest absolute Gasteiger partial charge is 0.479 e. The fraction of sp³-hybridized carbons (Fsp3) is 0.615. The fourth-order valence-corrected chi connectivity index (χ4v) is 1.37. The molecule has 0 aromatic heterocycles. The topological polar surface area (TPSA) is 163 Å². The maximum atomic E-state index is 11.9. The van der Waals surface area contributed by atoms with Gasteiger partial charge in [0.15, 0.2) is 0 Å². The summed E-state index contributed by atoms with van der Waals surface area (Å²) in [6.07, 6.45) is -5.08. The number of aliphatic hydroxyl groups is 1. The van der Waals surface area contributed by atoms with Crippen LogP contribution in [0.4, 0.5) is 0 Å². The molecule has 2 N–H and O–H groups in total. The maximum Gasteiger partial charge on any atom is 0.351 e. The maximum absolute atomic E-state index is 11.9. The van der Waals surface area contributed by atoms with Crippen molar-refractivity contribution < 1.29 is 53.1 Å². The van der Waals surface area contributed by atoms with Crippen molar-refractivity contribution in [3.8, 4) is 0 Å². The number of esters is 3. The van der Waals surface area contributed by atoms with Gasteiger partial charge in [-0.15, -0.1) is 0 Å². The molecular weight excluding hydrogens is 332 g/mol. The number of rotatable bonds is 11. The summed E-state index contributed by atoms with van der Waals surface area (Å²) in [7, 11) is 0. The highest BCUT2D eigenvalue weighted by atomic mass is 16.6. The number of carboxylic acid groups (broad SMARTS) is 1. The lowest BCUT2D eigenvalue weighted by molar-refractivity contribution is -0.186. The summed E-state index contributed by atoms with van der Waals surface area (Å²) >= 11 is 0. The van der Waals surface area contributed by atoms with E-state index in [2.05, 4.69) is 18.9 Å². The van der Waals surface area contributed by atoms with Crippen LogP contribution in [0.1, 0.15) is 13.8 Å². The molecule has 3 unspecified atom stereocenters. The molecule has 0 radical (unpaired) electrons. The molecule has 0 aromatic carbocycles. The number of aliphatic hydroxyl groups excluding tert-OH is 1. The SMILES string of the molecule is CC(=O)OCC(O)COC(=O)C(OC(C)=O)C(OCC=O)C(=O)O. The normalized spacial score (nSPS) is 14.0. The van der Waals surface area contributed by atoms with Crippen molar-refractivity contribution in [1.29, 1.82) is 0 Å². The summed E-state index contributed by atoms with van der Waals surface area (Å²) in [5, 5.41) is 18.5. The highest BCUT2D eigenvalue weighted by molar-refractivity contribution is 5.86. The van der Waals surface area contributed by atoms with Crippen LogP contribution in [0.2, 0.25) is 0 Å². The van der Waals surface area contributed by atoms with Gasteiger partial charge in [-0.1, -0.05) is 0 Å². The Morgan fingerprint density at radius 2 is 1.58 bits per heavy atom. The van der Waals surface area contributed by atoms with Crippen LogP contribution in [0.3, 0.4) is 0 Å². The molecule has 0 heterocycles. The Balaban J connectivity index is 4.85. The van der Waals surface area contributed by atoms with Gasteiger partial charge in [0.25, 0.3) is 0 Å². The van der Waals surface area contributed by atoms with Gasteiger partial charge in [-0.3, -0.25) is 9.59 Å². The number of aldehydes is 1. The molecule has 0 spiro atoms. The van der Waals surface area contributed by atoms with Gasteiger partial charge in [-0.05, 0) is 0 Å². The minimum Gasteiger partial charge on any atom is -0.479 e. The Morgan fingerprint density at radius 1 is 1.00 bits per heavy atom. The predicted molar refractivity (Wildman–Crippen MR) is 72.6 cm³/mol. The van der Waals surface area contributed by atoms with Crippen LogP contribution in [0.15, 0.2) is 0 Å². The monoisotopic (exact) mass is 350 g/mol. The van der Waals surface area contributed by atoms with E-state index in [1.807, 2.05) is 0 Å². The van der Waals surface area contributed by atoms with Gasteiger partial charge in [0.1, 0.15) is 32.2 Å². The molecule has 0 saturated carbocycles. The predicted octanol–water partition coefficient (Wildman–Crippen LogP) is -1.95. The number of hydrogen-bond donors (Lipinski definition) is 2. The van der Waals surface area contributed by atoms with Crippen molar-refractivity contribution in [3.63, 3.8) is 0 Å². The number of carboxylic acids is 1. The average molecular weight is 350 g/mol. The first-order chi connectivity index (χ1) is 11.2. The lowest BCUT2D eigenvalue weighted by Gasteiger charge is -2.22. The van der Waals surface area contributed by atoms with Crippen molar-refractivity contribution in [2.75, 3.05) is 19.8 Å². The zero-order valence-corrected chi connectivity index (χ0v) is 13.0. The molecule has 11 nitrogen and oxygen atoms in total. The molecule has 0 aromatic rings. The van der Waals surface area contributed by atoms with E-state index in [4.69, 9.17) is 5.11 Å². The van der Waals surface area contributed by atoms with Crippen molar-refractivity contribution in [2.24, 2.45) is 0 Å². The van der Waals surface area contributed by atoms with Crippen molar-refractivity contribution in [1.82, 2.24) is 0 Å². The van der Waals surface area contributed by atoms with E-state index >= 15 is 0 Å². The number of carbonyl (C=O) groups excluding carboxylic acids is 4. The third-order valence-electron chi connectivity index (χ3n) is 2.28. The minimum absolute atomic E-state index is 0.245. The lowest BCUT2D eigenvalue weighted by Crippen LogP contribution is -2.46. The average Bonchev–Trinajstić information content (AvgIpc) is 2.49. The van der Waals surface area contributed by atoms with Crippen LogP contribution in [-0.2, 0) is 42.9 Å². The first-order valence-electron chi connectivity index (χ1n) is 6.62. The summed E-state index contributed by atoms with van der Waals surface area (Å²) in [6.45, 7) is 0.275. The van der Waals surface area contributed by atoms with Gasteiger partial charge in [0.2, 0.25) is 12.2 Å². The Morgan fingerprint density at radius 3 is 2.04 bits per heavy atom. The van der Waals surface area contributed by atoms with E-state index in [0.29, 0.717) is 0 Å². The smallest absolute Gasteiger partial charge is 0.351 e. The summed E-state index contributed by atoms with van der Waals surface area (Å²) in [6, 6.07) is 0. The first-order valence-corrected chi connectivity index (χ1v) is 6.62. The van der Waals surface area contributed by atoms with Gasteiger partial charge in [0.05, 0.1) is 0 Å². The quantitative estimate of drug-likeness (QED) is 0.242. The Labute approximate surface area is 136 Å². The zero-order valence-electron chi connectivity index (χ0n) is 13.0. The van der Waals surface area contributed by atoms with E-state index < -0.39 is 62.0 Å². The highest BCUT2D eigenvalue weighted by Crippen LogP contribution is 2.09. The Kier molecular flexibility index (Phi) is 9.91. The second-order valence-electron chi connectivity index (χ2n) is 4.38. The van der Waals surface area contributed by atoms with Gasteiger partial charge >= 0.3 is 23.9 Å². The number of carbonyl (C=O) groups is 5. The number of hydrogen-bond acceptors (Lipinski definition) is 10. The molecule has 0 rings (SSSR count). The molecule has 24 heavy (non-hydrogen) atoms. The van der Waals surface area contributed by atoms with Crippen LogP contribution < -0.4 is 0 Å². The van der Waals surface area contributed by atoms with E-state index in [1.165, 1.54) is 0 Å². The molecule has 0 fully saturated rings. The Hall–Kier alpha value is -2.53.